The summed E-state index contributed by atoms with van der Waals surface area (Å²) in [6, 6.07) is 0.432. The minimum Gasteiger partial charge on any atom is -0.395 e. The van der Waals surface area contributed by atoms with E-state index in [4.69, 9.17) is 5.11 Å². The van der Waals surface area contributed by atoms with Crippen molar-refractivity contribution >= 4 is 5.91 Å². The van der Waals surface area contributed by atoms with Crippen LogP contribution in [0.4, 0.5) is 0 Å². The van der Waals surface area contributed by atoms with Crippen molar-refractivity contribution in [2.75, 3.05) is 52.9 Å². The molecule has 5 heteroatoms. The number of carbonyl (C=O) groups is 1. The monoisotopic (exact) mass is 297 g/mol. The molecule has 2 fully saturated rings. The lowest BCUT2D eigenvalue weighted by Crippen LogP contribution is -2.52. The molecule has 0 aromatic heterocycles. The molecule has 1 saturated heterocycles. The quantitative estimate of drug-likeness (QED) is 0.809. The van der Waals surface area contributed by atoms with Crippen LogP contribution in [0.1, 0.15) is 32.6 Å². The zero-order chi connectivity index (χ0) is 15.2. The fourth-order valence-electron chi connectivity index (χ4n) is 3.67. The van der Waals surface area contributed by atoms with Crippen LogP contribution in [-0.4, -0.2) is 84.7 Å². The molecule has 1 saturated carbocycles. The average Bonchev–Trinajstić information content (AvgIpc) is 2.49. The van der Waals surface area contributed by atoms with Gasteiger partial charge in [-0.2, -0.15) is 0 Å². The highest BCUT2D eigenvalue weighted by Gasteiger charge is 2.29. The van der Waals surface area contributed by atoms with Gasteiger partial charge in [-0.1, -0.05) is 19.8 Å². The molecule has 122 valence electrons. The van der Waals surface area contributed by atoms with Crippen LogP contribution in [0.2, 0.25) is 0 Å². The Labute approximate surface area is 128 Å². The molecule has 21 heavy (non-hydrogen) atoms. The molecule has 0 aromatic rings. The smallest absolute Gasteiger partial charge is 0.236 e. The van der Waals surface area contributed by atoms with Crippen molar-refractivity contribution in [2.24, 2.45) is 5.92 Å². The van der Waals surface area contributed by atoms with E-state index >= 15 is 0 Å². The summed E-state index contributed by atoms with van der Waals surface area (Å²) >= 11 is 0. The maximum atomic E-state index is 12.5. The SMILES string of the molecule is CC1CCCCC1N(C)C(=O)CN1CCN(CCO)CC1. The third kappa shape index (κ3) is 4.66. The lowest BCUT2D eigenvalue weighted by Gasteiger charge is -2.38. The molecule has 2 aliphatic rings. The van der Waals surface area contributed by atoms with Crippen molar-refractivity contribution in [3.8, 4) is 0 Å². The van der Waals surface area contributed by atoms with Gasteiger partial charge in [0, 0.05) is 45.8 Å². The first-order valence-corrected chi connectivity index (χ1v) is 8.43. The molecular formula is C16H31N3O2. The van der Waals surface area contributed by atoms with Gasteiger partial charge in [0.1, 0.15) is 0 Å². The van der Waals surface area contributed by atoms with E-state index in [1.54, 1.807) is 0 Å². The number of nitrogens with zero attached hydrogens (tertiary/aromatic N) is 3. The van der Waals surface area contributed by atoms with Gasteiger partial charge >= 0.3 is 0 Å². The highest BCUT2D eigenvalue weighted by molar-refractivity contribution is 5.78. The molecule has 2 unspecified atom stereocenters. The van der Waals surface area contributed by atoms with Gasteiger partial charge in [0.15, 0.2) is 0 Å². The Bertz CT molecular complexity index is 329. The first-order chi connectivity index (χ1) is 10.1. The van der Waals surface area contributed by atoms with Gasteiger partial charge in [0.05, 0.1) is 13.2 Å². The van der Waals surface area contributed by atoms with Gasteiger partial charge in [0.2, 0.25) is 5.91 Å². The van der Waals surface area contributed by atoms with E-state index in [9.17, 15) is 4.79 Å². The van der Waals surface area contributed by atoms with Crippen molar-refractivity contribution in [2.45, 2.75) is 38.6 Å². The molecule has 1 N–H and O–H groups in total. The van der Waals surface area contributed by atoms with E-state index < -0.39 is 0 Å². The van der Waals surface area contributed by atoms with Crippen LogP contribution in [0.25, 0.3) is 0 Å². The minimum atomic E-state index is 0.223. The Morgan fingerprint density at radius 1 is 1.14 bits per heavy atom. The molecule has 1 aliphatic carbocycles. The fourth-order valence-corrected chi connectivity index (χ4v) is 3.67. The number of β-amino-alcohol motifs (C(OH)–C–C–N with tert-alkyl or cyclic N) is 1. The molecule has 1 heterocycles. The van der Waals surface area contributed by atoms with Crippen LogP contribution >= 0.6 is 0 Å². The van der Waals surface area contributed by atoms with E-state index in [0.717, 1.165) is 39.1 Å². The second kappa shape index (κ2) is 8.11. The summed E-state index contributed by atoms with van der Waals surface area (Å²) in [4.78, 5) is 19.0. The molecule has 5 nitrogen and oxygen atoms in total. The number of hydrogen-bond donors (Lipinski definition) is 1. The largest absolute Gasteiger partial charge is 0.395 e. The zero-order valence-corrected chi connectivity index (χ0v) is 13.6. The number of aliphatic hydroxyl groups excluding tert-OH is 1. The maximum Gasteiger partial charge on any atom is 0.236 e. The van der Waals surface area contributed by atoms with Crippen molar-refractivity contribution in [1.29, 1.82) is 0 Å². The van der Waals surface area contributed by atoms with Gasteiger partial charge in [-0.3, -0.25) is 14.6 Å². The van der Waals surface area contributed by atoms with Crippen molar-refractivity contribution in [3.63, 3.8) is 0 Å². The van der Waals surface area contributed by atoms with Crippen molar-refractivity contribution in [1.82, 2.24) is 14.7 Å². The number of amides is 1. The molecule has 2 atom stereocenters. The van der Waals surface area contributed by atoms with E-state index in [2.05, 4.69) is 16.7 Å². The number of piperazine rings is 1. The molecule has 0 spiro atoms. The Hall–Kier alpha value is -0.650. The fraction of sp³-hybridized carbons (Fsp3) is 0.938. The predicted molar refractivity (Wildman–Crippen MR) is 84.2 cm³/mol. The van der Waals surface area contributed by atoms with Crippen LogP contribution in [0.15, 0.2) is 0 Å². The second-order valence-electron chi connectivity index (χ2n) is 6.68. The molecule has 0 aromatic carbocycles. The predicted octanol–water partition coefficient (Wildman–Crippen LogP) is 0.633. The average molecular weight is 297 g/mol. The summed E-state index contributed by atoms with van der Waals surface area (Å²) in [6.07, 6.45) is 4.98. The molecular weight excluding hydrogens is 266 g/mol. The Balaban J connectivity index is 1.76. The summed E-state index contributed by atoms with van der Waals surface area (Å²) in [5.74, 6) is 0.901. The first kappa shape index (κ1) is 16.7. The molecule has 0 bridgehead atoms. The summed E-state index contributed by atoms with van der Waals surface area (Å²) in [5.41, 5.74) is 0. The molecule has 1 aliphatic heterocycles. The van der Waals surface area contributed by atoms with Gasteiger partial charge in [-0.15, -0.1) is 0 Å². The third-order valence-electron chi connectivity index (χ3n) is 5.20. The van der Waals surface area contributed by atoms with Gasteiger partial charge in [-0.25, -0.2) is 0 Å². The Morgan fingerprint density at radius 2 is 1.76 bits per heavy atom. The zero-order valence-electron chi connectivity index (χ0n) is 13.6. The second-order valence-corrected chi connectivity index (χ2v) is 6.68. The van der Waals surface area contributed by atoms with E-state index in [0.29, 0.717) is 18.5 Å². The molecule has 1 amide bonds. The van der Waals surface area contributed by atoms with Gasteiger partial charge < -0.3 is 10.0 Å². The summed E-state index contributed by atoms with van der Waals surface area (Å²) < 4.78 is 0. The van der Waals surface area contributed by atoms with E-state index in [1.807, 2.05) is 11.9 Å². The lowest BCUT2D eigenvalue weighted by molar-refractivity contribution is -0.135. The standard InChI is InChI=1S/C16H31N3O2/c1-14-5-3-4-6-15(14)17(2)16(21)13-19-9-7-18(8-10-19)11-12-20/h14-15,20H,3-13H2,1-2H3. The highest BCUT2D eigenvalue weighted by atomic mass is 16.3. The topological polar surface area (TPSA) is 47.0 Å². The van der Waals surface area contributed by atoms with Crippen LogP contribution in [0.5, 0.6) is 0 Å². The Morgan fingerprint density at radius 3 is 2.38 bits per heavy atom. The van der Waals surface area contributed by atoms with Gasteiger partial charge in [-0.05, 0) is 18.8 Å². The van der Waals surface area contributed by atoms with Crippen LogP contribution in [0.3, 0.4) is 0 Å². The summed E-state index contributed by atoms with van der Waals surface area (Å²) in [6.45, 7) is 7.57. The number of aliphatic hydroxyl groups is 1. The molecule has 0 radical (unpaired) electrons. The third-order valence-corrected chi connectivity index (χ3v) is 5.20. The van der Waals surface area contributed by atoms with Crippen LogP contribution in [0, 0.1) is 5.92 Å². The molecule has 2 rings (SSSR count). The maximum absolute atomic E-state index is 12.5. The lowest BCUT2D eigenvalue weighted by atomic mass is 9.85. The van der Waals surface area contributed by atoms with Crippen LogP contribution in [-0.2, 0) is 4.79 Å². The van der Waals surface area contributed by atoms with Crippen molar-refractivity contribution < 1.29 is 9.90 Å². The number of rotatable bonds is 5. The van der Waals surface area contributed by atoms with Gasteiger partial charge in [0.25, 0.3) is 0 Å². The highest BCUT2D eigenvalue weighted by Crippen LogP contribution is 2.27. The first-order valence-electron chi connectivity index (χ1n) is 8.43. The van der Waals surface area contributed by atoms with Crippen molar-refractivity contribution in [3.05, 3.63) is 0 Å². The number of carbonyl (C=O) groups excluding carboxylic acids is 1. The van der Waals surface area contributed by atoms with E-state index in [1.165, 1.54) is 19.3 Å². The normalized spacial score (nSPS) is 28.5. The summed E-state index contributed by atoms with van der Waals surface area (Å²) in [7, 11) is 1.98. The van der Waals surface area contributed by atoms with Crippen LogP contribution < -0.4 is 0 Å². The minimum absolute atomic E-state index is 0.223. The number of likely N-dealkylation sites (N-methyl/N-ethyl adjacent to an activating group) is 1. The number of hydrogen-bond acceptors (Lipinski definition) is 4. The Kier molecular flexibility index (Phi) is 6.45. The van der Waals surface area contributed by atoms with E-state index in [-0.39, 0.29) is 12.5 Å². The summed E-state index contributed by atoms with van der Waals surface area (Å²) in [5, 5.41) is 8.96.